The highest BCUT2D eigenvalue weighted by Gasteiger charge is 2.37. The molecule has 3 N–H and O–H groups in total. The van der Waals surface area contributed by atoms with Crippen LogP contribution in [0.5, 0.6) is 23.1 Å². The summed E-state index contributed by atoms with van der Waals surface area (Å²) < 4.78 is 23.5. The Kier molecular flexibility index (Phi) is 6.77. The van der Waals surface area contributed by atoms with Gasteiger partial charge in [0.25, 0.3) is 0 Å². The third kappa shape index (κ3) is 4.44. The summed E-state index contributed by atoms with van der Waals surface area (Å²) in [7, 11) is 2.91. The second-order valence-electron chi connectivity index (χ2n) is 8.26. The van der Waals surface area contributed by atoms with Crippen LogP contribution in [0.15, 0.2) is 82.7 Å². The smallest absolute Gasteiger partial charge is 0.343 e. The van der Waals surface area contributed by atoms with Gasteiger partial charge in [0.15, 0.2) is 11.5 Å². The van der Waals surface area contributed by atoms with Crippen LogP contribution in [0.1, 0.15) is 27.4 Å². The van der Waals surface area contributed by atoms with E-state index in [1.807, 2.05) is 24.3 Å². The van der Waals surface area contributed by atoms with Crippen LogP contribution < -0.4 is 24.7 Å². The van der Waals surface area contributed by atoms with Gasteiger partial charge in [0.05, 0.1) is 37.0 Å². The molecule has 190 valence electrons. The number of fused-ring (bicyclic) bond motifs is 1. The topological polar surface area (TPSA) is 132 Å². The average Bonchev–Trinajstić information content (AvgIpc) is 3.36. The van der Waals surface area contributed by atoms with Crippen LogP contribution in [0.4, 0.5) is 0 Å². The van der Waals surface area contributed by atoms with Crippen molar-refractivity contribution >= 4 is 21.9 Å². The fourth-order valence-corrected chi connectivity index (χ4v) is 4.57. The maximum Gasteiger partial charge on any atom is 0.343 e. The third-order valence-corrected chi connectivity index (χ3v) is 6.62. The standard InChI is InChI=1S/C28H21BrN4O5/c1-35-20-12-17(13-21(36-2)25(20)37-28(34)16-6-4-3-5-7-16)22-19(14-30)26(31)38-27-23(22)24(32-33-27)15-8-10-18(29)11-9-15/h3-13,22H,31H2,1-2H3,(H,32,33). The summed E-state index contributed by atoms with van der Waals surface area (Å²) in [5, 5.41) is 17.4. The van der Waals surface area contributed by atoms with Gasteiger partial charge in [-0.3, -0.25) is 5.10 Å². The summed E-state index contributed by atoms with van der Waals surface area (Å²) in [5.41, 5.74) is 9.42. The van der Waals surface area contributed by atoms with E-state index in [4.69, 9.17) is 24.7 Å². The zero-order valence-corrected chi connectivity index (χ0v) is 21.9. The predicted octanol–water partition coefficient (Wildman–Crippen LogP) is 5.29. The molecule has 4 aromatic rings. The van der Waals surface area contributed by atoms with Crippen molar-refractivity contribution in [3.05, 3.63) is 99.3 Å². The number of rotatable bonds is 6. The monoisotopic (exact) mass is 572 g/mol. The van der Waals surface area contributed by atoms with E-state index in [2.05, 4.69) is 32.2 Å². The number of carbonyl (C=O) groups excluding carboxylic acids is 1. The van der Waals surface area contributed by atoms with E-state index in [9.17, 15) is 10.1 Å². The van der Waals surface area contributed by atoms with Gasteiger partial charge in [-0.15, -0.1) is 5.10 Å². The lowest BCUT2D eigenvalue weighted by Gasteiger charge is -2.25. The Hall–Kier alpha value is -4.75. The molecule has 1 unspecified atom stereocenters. The van der Waals surface area contributed by atoms with Gasteiger partial charge >= 0.3 is 5.97 Å². The molecular formula is C28H21BrN4O5. The fourth-order valence-electron chi connectivity index (χ4n) is 4.31. The van der Waals surface area contributed by atoms with Crippen molar-refractivity contribution < 1.29 is 23.7 Å². The number of aromatic nitrogens is 2. The van der Waals surface area contributed by atoms with E-state index >= 15 is 0 Å². The predicted molar refractivity (Wildman–Crippen MR) is 142 cm³/mol. The molecule has 5 rings (SSSR count). The quantitative estimate of drug-likeness (QED) is 0.235. The average molecular weight is 573 g/mol. The molecule has 0 spiro atoms. The number of benzene rings is 3. The maximum absolute atomic E-state index is 12.8. The molecule has 0 saturated heterocycles. The van der Waals surface area contributed by atoms with Crippen LogP contribution >= 0.6 is 15.9 Å². The van der Waals surface area contributed by atoms with Crippen LogP contribution in [0.3, 0.4) is 0 Å². The second-order valence-corrected chi connectivity index (χ2v) is 9.17. The number of nitrogens with one attached hydrogen (secondary N) is 1. The van der Waals surface area contributed by atoms with Gasteiger partial charge in [0.1, 0.15) is 11.6 Å². The number of carbonyl (C=O) groups is 1. The minimum atomic E-state index is -0.678. The summed E-state index contributed by atoms with van der Waals surface area (Å²) in [6.07, 6.45) is 0. The highest BCUT2D eigenvalue weighted by atomic mass is 79.9. The highest BCUT2D eigenvalue weighted by molar-refractivity contribution is 9.10. The summed E-state index contributed by atoms with van der Waals surface area (Å²) in [6, 6.07) is 21.7. The number of aromatic amines is 1. The van der Waals surface area contributed by atoms with Gasteiger partial charge in [-0.05, 0) is 42.0 Å². The molecule has 0 fully saturated rings. The number of H-pyrrole nitrogens is 1. The number of ether oxygens (including phenoxy) is 4. The van der Waals surface area contributed by atoms with Crippen LogP contribution in [0, 0.1) is 11.3 Å². The zero-order valence-electron chi connectivity index (χ0n) is 20.3. The first-order valence-corrected chi connectivity index (χ1v) is 12.2. The molecule has 9 nitrogen and oxygen atoms in total. The van der Waals surface area contributed by atoms with Crippen molar-refractivity contribution in [3.8, 4) is 40.5 Å². The fraction of sp³-hybridized carbons (Fsp3) is 0.107. The molecule has 1 aromatic heterocycles. The van der Waals surface area contributed by atoms with Gasteiger partial charge in [-0.1, -0.05) is 46.3 Å². The molecule has 1 aliphatic heterocycles. The summed E-state index contributed by atoms with van der Waals surface area (Å²) in [4.78, 5) is 12.8. The Morgan fingerprint density at radius 3 is 2.34 bits per heavy atom. The van der Waals surface area contributed by atoms with Crippen molar-refractivity contribution in [1.82, 2.24) is 10.2 Å². The Morgan fingerprint density at radius 2 is 1.74 bits per heavy atom. The summed E-state index contributed by atoms with van der Waals surface area (Å²) in [6.45, 7) is 0. The largest absolute Gasteiger partial charge is 0.493 e. The van der Waals surface area contributed by atoms with Crippen molar-refractivity contribution in [2.24, 2.45) is 5.73 Å². The second kappa shape index (κ2) is 10.3. The number of nitriles is 1. The first-order valence-electron chi connectivity index (χ1n) is 11.4. The van der Waals surface area contributed by atoms with Crippen LogP contribution in [0.2, 0.25) is 0 Å². The number of hydrogen-bond donors (Lipinski definition) is 2. The van der Waals surface area contributed by atoms with Crippen LogP contribution in [-0.4, -0.2) is 30.4 Å². The van der Waals surface area contributed by atoms with Gasteiger partial charge in [-0.2, -0.15) is 5.26 Å². The molecule has 1 aliphatic rings. The Balaban J connectivity index is 1.65. The van der Waals surface area contributed by atoms with Crippen LogP contribution in [-0.2, 0) is 0 Å². The lowest BCUT2D eigenvalue weighted by Crippen LogP contribution is -2.21. The van der Waals surface area contributed by atoms with E-state index in [1.165, 1.54) is 14.2 Å². The number of esters is 1. The molecule has 10 heteroatoms. The van der Waals surface area contributed by atoms with E-state index in [1.54, 1.807) is 42.5 Å². The summed E-state index contributed by atoms with van der Waals surface area (Å²) in [5.74, 6) is -0.475. The van der Waals surface area contributed by atoms with E-state index < -0.39 is 11.9 Å². The molecule has 0 aliphatic carbocycles. The number of allylic oxidation sites excluding steroid dienone is 1. The Bertz CT molecular complexity index is 1560. The molecule has 0 bridgehead atoms. The zero-order chi connectivity index (χ0) is 26.8. The highest BCUT2D eigenvalue weighted by Crippen LogP contribution is 2.49. The first-order chi connectivity index (χ1) is 18.4. The number of hydrogen-bond acceptors (Lipinski definition) is 8. The molecule has 38 heavy (non-hydrogen) atoms. The minimum absolute atomic E-state index is 0.0589. The number of halogens is 1. The van der Waals surface area contributed by atoms with Gasteiger partial charge in [0, 0.05) is 10.0 Å². The van der Waals surface area contributed by atoms with Crippen molar-refractivity contribution in [2.45, 2.75) is 5.92 Å². The SMILES string of the molecule is COc1cc(C2C(C#N)=C(N)Oc3n[nH]c(-c4ccc(Br)cc4)c32)cc(OC)c1OC(=O)c1ccccc1. The van der Waals surface area contributed by atoms with Gasteiger partial charge < -0.3 is 24.7 Å². The summed E-state index contributed by atoms with van der Waals surface area (Å²) >= 11 is 3.45. The van der Waals surface area contributed by atoms with Gasteiger partial charge in [0.2, 0.25) is 17.5 Å². The first kappa shape index (κ1) is 24.9. The minimum Gasteiger partial charge on any atom is -0.493 e. The lowest BCUT2D eigenvalue weighted by molar-refractivity contribution is 0.0724. The molecule has 0 radical (unpaired) electrons. The molecule has 0 amide bonds. The lowest BCUT2D eigenvalue weighted by atomic mass is 9.82. The number of nitrogens with zero attached hydrogens (tertiary/aromatic N) is 2. The van der Waals surface area contributed by atoms with Gasteiger partial charge in [-0.25, -0.2) is 4.79 Å². The van der Waals surface area contributed by atoms with Crippen molar-refractivity contribution in [1.29, 1.82) is 5.26 Å². The molecule has 0 saturated carbocycles. The third-order valence-electron chi connectivity index (χ3n) is 6.09. The van der Waals surface area contributed by atoms with E-state index in [-0.39, 0.29) is 34.6 Å². The molecular weight excluding hydrogens is 552 g/mol. The number of methoxy groups -OCH3 is 2. The normalized spacial score (nSPS) is 14.2. The Labute approximate surface area is 226 Å². The number of nitrogens with two attached hydrogens (primary N) is 1. The van der Waals surface area contributed by atoms with Crippen molar-refractivity contribution in [2.75, 3.05) is 14.2 Å². The maximum atomic E-state index is 12.8. The van der Waals surface area contributed by atoms with E-state index in [0.29, 0.717) is 22.4 Å². The molecule has 2 heterocycles. The van der Waals surface area contributed by atoms with Crippen LogP contribution in [0.25, 0.3) is 11.3 Å². The molecule has 1 atom stereocenters. The molecule has 3 aromatic carbocycles. The van der Waals surface area contributed by atoms with E-state index in [0.717, 1.165) is 10.0 Å². The van der Waals surface area contributed by atoms with Crippen molar-refractivity contribution in [3.63, 3.8) is 0 Å². The Morgan fingerprint density at radius 1 is 1.08 bits per heavy atom.